The molecule has 1 unspecified atom stereocenters. The highest BCUT2D eigenvalue weighted by atomic mass is 19.1. The second-order valence-corrected chi connectivity index (χ2v) is 4.80. The SMILES string of the molecule is CC1CCCN(c2ccc(C#N)cc2F)CC1. The summed E-state index contributed by atoms with van der Waals surface area (Å²) >= 11 is 0. The molecular formula is C14H17FN2. The van der Waals surface area contributed by atoms with Gasteiger partial charge in [-0.1, -0.05) is 6.92 Å². The summed E-state index contributed by atoms with van der Waals surface area (Å²) in [5.74, 6) is 0.444. The van der Waals surface area contributed by atoms with Crippen LogP contribution in [-0.4, -0.2) is 13.1 Å². The molecule has 0 aromatic heterocycles. The zero-order valence-electron chi connectivity index (χ0n) is 10.1. The monoisotopic (exact) mass is 232 g/mol. The molecule has 0 radical (unpaired) electrons. The first-order chi connectivity index (χ1) is 8.20. The molecular weight excluding hydrogens is 215 g/mol. The first kappa shape index (κ1) is 11.9. The summed E-state index contributed by atoms with van der Waals surface area (Å²) in [4.78, 5) is 2.10. The predicted octanol–water partition coefficient (Wildman–Crippen LogP) is 3.32. The van der Waals surface area contributed by atoms with Crippen LogP contribution in [0.1, 0.15) is 31.7 Å². The molecule has 2 rings (SSSR count). The number of nitriles is 1. The Labute approximate surface area is 102 Å². The van der Waals surface area contributed by atoms with E-state index in [9.17, 15) is 4.39 Å². The molecule has 1 aromatic rings. The van der Waals surface area contributed by atoms with Crippen molar-refractivity contribution < 1.29 is 4.39 Å². The van der Waals surface area contributed by atoms with E-state index in [1.54, 1.807) is 12.1 Å². The van der Waals surface area contributed by atoms with Gasteiger partial charge in [0.2, 0.25) is 0 Å². The molecule has 90 valence electrons. The maximum Gasteiger partial charge on any atom is 0.147 e. The maximum atomic E-state index is 13.9. The Kier molecular flexibility index (Phi) is 3.63. The fraction of sp³-hybridized carbons (Fsp3) is 0.500. The van der Waals surface area contributed by atoms with Gasteiger partial charge >= 0.3 is 0 Å². The van der Waals surface area contributed by atoms with Crippen molar-refractivity contribution in [2.45, 2.75) is 26.2 Å². The minimum atomic E-state index is -0.279. The Morgan fingerprint density at radius 1 is 1.35 bits per heavy atom. The lowest BCUT2D eigenvalue weighted by molar-refractivity contribution is 0.520. The van der Waals surface area contributed by atoms with Gasteiger partial charge in [-0.15, -0.1) is 0 Å². The third kappa shape index (κ3) is 2.76. The van der Waals surface area contributed by atoms with Gasteiger partial charge in [0.15, 0.2) is 0 Å². The molecule has 1 heterocycles. The summed E-state index contributed by atoms with van der Waals surface area (Å²) in [6, 6.07) is 6.70. The molecule has 0 amide bonds. The maximum absolute atomic E-state index is 13.9. The molecule has 1 fully saturated rings. The number of rotatable bonds is 1. The van der Waals surface area contributed by atoms with Gasteiger partial charge in [-0.2, -0.15) is 5.26 Å². The second kappa shape index (κ2) is 5.18. The predicted molar refractivity (Wildman–Crippen MR) is 66.3 cm³/mol. The van der Waals surface area contributed by atoms with Crippen LogP contribution in [0.4, 0.5) is 10.1 Å². The average molecular weight is 232 g/mol. The van der Waals surface area contributed by atoms with E-state index in [-0.39, 0.29) is 5.82 Å². The molecule has 0 bridgehead atoms. The topological polar surface area (TPSA) is 27.0 Å². The Balaban J connectivity index is 2.19. The molecule has 0 saturated carbocycles. The van der Waals surface area contributed by atoms with Crippen LogP contribution in [0.5, 0.6) is 0 Å². The Bertz CT molecular complexity index is 436. The van der Waals surface area contributed by atoms with E-state index in [0.29, 0.717) is 11.3 Å². The van der Waals surface area contributed by atoms with Crippen LogP contribution in [0, 0.1) is 23.1 Å². The molecule has 0 aliphatic carbocycles. The van der Waals surface area contributed by atoms with Crippen LogP contribution in [-0.2, 0) is 0 Å². The van der Waals surface area contributed by atoms with E-state index >= 15 is 0 Å². The quantitative estimate of drug-likeness (QED) is 0.742. The van der Waals surface area contributed by atoms with Crippen LogP contribution in [0.25, 0.3) is 0 Å². The first-order valence-electron chi connectivity index (χ1n) is 6.15. The van der Waals surface area contributed by atoms with Crippen molar-refractivity contribution in [1.29, 1.82) is 5.26 Å². The molecule has 1 saturated heterocycles. The first-order valence-corrected chi connectivity index (χ1v) is 6.15. The molecule has 1 atom stereocenters. The summed E-state index contributed by atoms with van der Waals surface area (Å²) in [5.41, 5.74) is 1.02. The van der Waals surface area contributed by atoms with Gasteiger partial charge in [0.25, 0.3) is 0 Å². The van der Waals surface area contributed by atoms with Crippen LogP contribution < -0.4 is 4.90 Å². The summed E-state index contributed by atoms with van der Waals surface area (Å²) < 4.78 is 13.9. The van der Waals surface area contributed by atoms with Crippen LogP contribution in [0.2, 0.25) is 0 Å². The smallest absolute Gasteiger partial charge is 0.147 e. The van der Waals surface area contributed by atoms with E-state index in [2.05, 4.69) is 11.8 Å². The fourth-order valence-electron chi connectivity index (χ4n) is 2.34. The Morgan fingerprint density at radius 2 is 2.18 bits per heavy atom. The molecule has 1 aliphatic rings. The lowest BCUT2D eigenvalue weighted by Gasteiger charge is -2.23. The normalized spacial score (nSPS) is 20.8. The van der Waals surface area contributed by atoms with Gasteiger partial charge in [-0.3, -0.25) is 0 Å². The van der Waals surface area contributed by atoms with Gasteiger partial charge in [0.1, 0.15) is 5.82 Å². The van der Waals surface area contributed by atoms with E-state index in [0.717, 1.165) is 31.8 Å². The number of benzene rings is 1. The zero-order valence-corrected chi connectivity index (χ0v) is 10.1. The van der Waals surface area contributed by atoms with Gasteiger partial charge in [0.05, 0.1) is 17.3 Å². The highest BCUT2D eigenvalue weighted by Gasteiger charge is 2.16. The Morgan fingerprint density at radius 3 is 2.88 bits per heavy atom. The minimum absolute atomic E-state index is 0.279. The summed E-state index contributed by atoms with van der Waals surface area (Å²) in [5, 5.41) is 8.71. The summed E-state index contributed by atoms with van der Waals surface area (Å²) in [7, 11) is 0. The molecule has 1 aromatic carbocycles. The van der Waals surface area contributed by atoms with Gasteiger partial charge in [-0.25, -0.2) is 4.39 Å². The van der Waals surface area contributed by atoms with E-state index in [1.165, 1.54) is 12.5 Å². The van der Waals surface area contributed by atoms with E-state index in [1.807, 2.05) is 6.07 Å². The molecule has 17 heavy (non-hydrogen) atoms. The van der Waals surface area contributed by atoms with E-state index in [4.69, 9.17) is 5.26 Å². The molecule has 0 N–H and O–H groups in total. The highest BCUT2D eigenvalue weighted by molar-refractivity contribution is 5.51. The van der Waals surface area contributed by atoms with Crippen molar-refractivity contribution in [3.05, 3.63) is 29.6 Å². The third-order valence-corrected chi connectivity index (χ3v) is 3.43. The zero-order chi connectivity index (χ0) is 12.3. The largest absolute Gasteiger partial charge is 0.369 e. The molecule has 1 aliphatic heterocycles. The van der Waals surface area contributed by atoms with Crippen LogP contribution in [0.3, 0.4) is 0 Å². The van der Waals surface area contributed by atoms with Gasteiger partial charge in [-0.05, 0) is 43.4 Å². The van der Waals surface area contributed by atoms with Crippen LogP contribution >= 0.6 is 0 Å². The van der Waals surface area contributed by atoms with Crippen molar-refractivity contribution in [2.75, 3.05) is 18.0 Å². The second-order valence-electron chi connectivity index (χ2n) is 4.80. The van der Waals surface area contributed by atoms with Crippen molar-refractivity contribution in [3.8, 4) is 6.07 Å². The number of halogens is 1. The lowest BCUT2D eigenvalue weighted by Crippen LogP contribution is -2.25. The standard InChI is InChI=1S/C14H17FN2/c1-11-3-2-7-17(8-6-11)14-5-4-12(10-16)9-13(14)15/h4-5,9,11H,2-3,6-8H2,1H3. The van der Waals surface area contributed by atoms with Crippen molar-refractivity contribution in [3.63, 3.8) is 0 Å². The number of hydrogen-bond acceptors (Lipinski definition) is 2. The van der Waals surface area contributed by atoms with Crippen molar-refractivity contribution in [1.82, 2.24) is 0 Å². The average Bonchev–Trinajstić information content (AvgIpc) is 2.54. The van der Waals surface area contributed by atoms with E-state index < -0.39 is 0 Å². The molecule has 3 heteroatoms. The molecule has 2 nitrogen and oxygen atoms in total. The van der Waals surface area contributed by atoms with Crippen LogP contribution in [0.15, 0.2) is 18.2 Å². The summed E-state index contributed by atoms with van der Waals surface area (Å²) in [6.07, 6.45) is 3.44. The van der Waals surface area contributed by atoms with Gasteiger partial charge < -0.3 is 4.90 Å². The fourth-order valence-corrected chi connectivity index (χ4v) is 2.34. The Hall–Kier alpha value is -1.56. The summed E-state index contributed by atoms with van der Waals surface area (Å²) in [6.45, 7) is 4.07. The number of anilines is 1. The lowest BCUT2D eigenvalue weighted by atomic mass is 10.0. The number of nitrogens with zero attached hydrogens (tertiary/aromatic N) is 2. The number of hydrogen-bond donors (Lipinski definition) is 0. The third-order valence-electron chi connectivity index (χ3n) is 3.43. The van der Waals surface area contributed by atoms with Crippen molar-refractivity contribution in [2.24, 2.45) is 5.92 Å². The minimum Gasteiger partial charge on any atom is -0.369 e. The van der Waals surface area contributed by atoms with Crippen molar-refractivity contribution >= 4 is 5.69 Å². The molecule has 0 spiro atoms. The van der Waals surface area contributed by atoms with Gasteiger partial charge in [0, 0.05) is 13.1 Å². The highest BCUT2D eigenvalue weighted by Crippen LogP contribution is 2.25.